The van der Waals surface area contributed by atoms with Gasteiger partial charge in [0.2, 0.25) is 15.9 Å². The monoisotopic (exact) mass is 425 g/mol. The molecule has 0 radical (unpaired) electrons. The van der Waals surface area contributed by atoms with Crippen molar-refractivity contribution in [3.63, 3.8) is 0 Å². The summed E-state index contributed by atoms with van der Waals surface area (Å²) in [7, 11) is -3.83. The van der Waals surface area contributed by atoms with Crippen LogP contribution in [-0.4, -0.2) is 37.6 Å². The van der Waals surface area contributed by atoms with Crippen LogP contribution in [0.5, 0.6) is 0 Å². The number of hydrogen-bond donors (Lipinski definition) is 3. The van der Waals surface area contributed by atoms with Gasteiger partial charge < -0.3 is 10.4 Å². The molecule has 10 heteroatoms. The molecular weight excluding hydrogens is 410 g/mol. The van der Waals surface area contributed by atoms with Gasteiger partial charge in [-0.15, -0.1) is 0 Å². The summed E-state index contributed by atoms with van der Waals surface area (Å²) in [6, 6.07) is 10.2. The number of fused-ring (bicyclic) bond motifs is 1. The Balaban J connectivity index is 2.01. The summed E-state index contributed by atoms with van der Waals surface area (Å²) in [5.41, 5.74) is 2.19. The van der Waals surface area contributed by atoms with Crippen LogP contribution in [0.2, 0.25) is 5.02 Å². The van der Waals surface area contributed by atoms with Crippen molar-refractivity contribution in [2.75, 3.05) is 18.5 Å². The van der Waals surface area contributed by atoms with Gasteiger partial charge >= 0.3 is 0 Å². The highest BCUT2D eigenvalue weighted by atomic mass is 35.5. The van der Waals surface area contributed by atoms with Crippen molar-refractivity contribution in [1.29, 1.82) is 0 Å². The summed E-state index contributed by atoms with van der Waals surface area (Å²) in [4.78, 5) is 15.5. The lowest BCUT2D eigenvalue weighted by Gasteiger charge is -2.10. The van der Waals surface area contributed by atoms with Gasteiger partial charge in [-0.1, -0.05) is 35.1 Å². The molecule has 0 unspecified atom stereocenters. The van der Waals surface area contributed by atoms with E-state index in [9.17, 15) is 13.2 Å². The SMILES string of the molecule is CC(=O)Nc1nc2ccc(-c3ccc(Cl)c(S(=O)(=O)NCCO)c3)cc2s1. The Morgan fingerprint density at radius 2 is 1.93 bits per heavy atom. The molecule has 2 aromatic carbocycles. The van der Waals surface area contributed by atoms with Crippen molar-refractivity contribution in [3.8, 4) is 11.1 Å². The number of rotatable bonds is 6. The van der Waals surface area contributed by atoms with E-state index in [0.717, 1.165) is 15.8 Å². The molecule has 0 fully saturated rings. The van der Waals surface area contributed by atoms with Crippen LogP contribution in [0.3, 0.4) is 0 Å². The molecule has 0 saturated heterocycles. The smallest absolute Gasteiger partial charge is 0.242 e. The third-order valence-corrected chi connectivity index (χ3v) is 6.51. The van der Waals surface area contributed by atoms with E-state index in [1.54, 1.807) is 12.1 Å². The summed E-state index contributed by atoms with van der Waals surface area (Å²) >= 11 is 7.40. The number of benzene rings is 2. The molecule has 27 heavy (non-hydrogen) atoms. The lowest BCUT2D eigenvalue weighted by molar-refractivity contribution is -0.114. The molecule has 3 aromatic rings. The maximum atomic E-state index is 12.4. The van der Waals surface area contributed by atoms with Gasteiger partial charge in [-0.3, -0.25) is 4.79 Å². The largest absolute Gasteiger partial charge is 0.395 e. The highest BCUT2D eigenvalue weighted by molar-refractivity contribution is 7.89. The van der Waals surface area contributed by atoms with Crippen molar-refractivity contribution in [1.82, 2.24) is 9.71 Å². The van der Waals surface area contributed by atoms with Gasteiger partial charge in [0, 0.05) is 13.5 Å². The second kappa shape index (κ2) is 7.91. The van der Waals surface area contributed by atoms with Gasteiger partial charge in [-0.2, -0.15) is 0 Å². The first-order valence-corrected chi connectivity index (χ1v) is 10.6. The molecule has 0 aliphatic carbocycles. The minimum absolute atomic E-state index is 0.0570. The number of nitrogens with zero attached hydrogens (tertiary/aromatic N) is 1. The van der Waals surface area contributed by atoms with Gasteiger partial charge in [0.15, 0.2) is 5.13 Å². The number of halogens is 1. The second-order valence-corrected chi connectivity index (χ2v) is 8.82. The third-order valence-electron chi connectivity index (χ3n) is 3.63. The molecule has 0 aliphatic rings. The van der Waals surface area contributed by atoms with Gasteiger partial charge in [0.1, 0.15) is 4.90 Å². The second-order valence-electron chi connectivity index (χ2n) is 5.65. The first kappa shape index (κ1) is 19.7. The Labute approximate surface area is 165 Å². The lowest BCUT2D eigenvalue weighted by atomic mass is 10.1. The standard InChI is InChI=1S/C17H16ClN3O4S2/c1-10(23)20-17-21-14-5-3-11(8-15(14)26-17)12-2-4-13(18)16(9-12)27(24,25)19-6-7-22/h2-5,8-9,19,22H,6-7H2,1H3,(H,20,21,23). The molecule has 142 valence electrons. The molecule has 3 N–H and O–H groups in total. The molecule has 0 atom stereocenters. The van der Waals surface area contributed by atoms with Crippen molar-refractivity contribution in [2.24, 2.45) is 0 Å². The fourth-order valence-corrected chi connectivity index (χ4v) is 4.95. The van der Waals surface area contributed by atoms with Crippen LogP contribution >= 0.6 is 22.9 Å². The minimum atomic E-state index is -3.83. The summed E-state index contributed by atoms with van der Waals surface area (Å²) in [5.74, 6) is -0.197. The van der Waals surface area contributed by atoms with Crippen molar-refractivity contribution in [3.05, 3.63) is 41.4 Å². The number of anilines is 1. The molecule has 0 saturated carbocycles. The quantitative estimate of drug-likeness (QED) is 0.562. The number of aliphatic hydroxyl groups excluding tert-OH is 1. The van der Waals surface area contributed by atoms with Gasteiger partial charge in [-0.05, 0) is 35.4 Å². The predicted octanol–water partition coefficient (Wildman–Crippen LogP) is 2.85. The van der Waals surface area contributed by atoms with Gasteiger partial charge in [0.25, 0.3) is 0 Å². The zero-order valence-corrected chi connectivity index (χ0v) is 16.6. The number of thiazole rings is 1. The van der Waals surface area contributed by atoms with E-state index in [-0.39, 0.29) is 29.0 Å². The number of amides is 1. The van der Waals surface area contributed by atoms with E-state index >= 15 is 0 Å². The first-order valence-electron chi connectivity index (χ1n) is 7.89. The lowest BCUT2D eigenvalue weighted by Crippen LogP contribution is -2.26. The molecule has 7 nitrogen and oxygen atoms in total. The number of hydrogen-bond acceptors (Lipinski definition) is 6. The maximum Gasteiger partial charge on any atom is 0.242 e. The van der Waals surface area contributed by atoms with E-state index in [1.807, 2.05) is 12.1 Å². The number of carbonyl (C=O) groups excluding carboxylic acids is 1. The highest BCUT2D eigenvalue weighted by Crippen LogP contribution is 2.33. The molecule has 1 amide bonds. The molecule has 0 aliphatic heterocycles. The van der Waals surface area contributed by atoms with Gasteiger partial charge in [-0.25, -0.2) is 18.1 Å². The fourth-order valence-electron chi connectivity index (χ4n) is 2.45. The van der Waals surface area contributed by atoms with Crippen LogP contribution in [-0.2, 0) is 14.8 Å². The Bertz CT molecular complexity index is 1110. The molecular formula is C17H16ClN3O4S2. The van der Waals surface area contributed by atoms with E-state index in [2.05, 4.69) is 15.0 Å². The normalized spacial score (nSPS) is 11.7. The number of sulfonamides is 1. The van der Waals surface area contributed by atoms with Crippen LogP contribution in [0.15, 0.2) is 41.3 Å². The minimum Gasteiger partial charge on any atom is -0.395 e. The Hall–Kier alpha value is -2.04. The maximum absolute atomic E-state index is 12.4. The van der Waals surface area contributed by atoms with Crippen molar-refractivity contribution >= 4 is 54.2 Å². The molecule has 1 aromatic heterocycles. The molecule has 1 heterocycles. The summed E-state index contributed by atoms with van der Waals surface area (Å²) < 4.78 is 27.9. The topological polar surface area (TPSA) is 108 Å². The van der Waals surface area contributed by atoms with Crippen molar-refractivity contribution in [2.45, 2.75) is 11.8 Å². The van der Waals surface area contributed by atoms with Crippen LogP contribution in [0.1, 0.15) is 6.92 Å². The first-order chi connectivity index (χ1) is 12.8. The zero-order chi connectivity index (χ0) is 19.6. The average Bonchev–Trinajstić information content (AvgIpc) is 3.00. The van der Waals surface area contributed by atoms with E-state index < -0.39 is 10.0 Å². The number of aromatic nitrogens is 1. The number of aliphatic hydroxyl groups is 1. The zero-order valence-electron chi connectivity index (χ0n) is 14.2. The molecule has 0 spiro atoms. The summed E-state index contributed by atoms with van der Waals surface area (Å²) in [6.45, 7) is 1.01. The molecule has 3 rings (SSSR count). The number of nitrogens with one attached hydrogen (secondary N) is 2. The Morgan fingerprint density at radius 1 is 1.22 bits per heavy atom. The van der Waals surface area contributed by atoms with E-state index in [0.29, 0.717) is 10.7 Å². The summed E-state index contributed by atoms with van der Waals surface area (Å²) in [6.07, 6.45) is 0. The van der Waals surface area contributed by atoms with E-state index in [4.69, 9.17) is 16.7 Å². The third kappa shape index (κ3) is 4.45. The predicted molar refractivity (Wildman–Crippen MR) is 107 cm³/mol. The van der Waals surface area contributed by atoms with Crippen LogP contribution in [0, 0.1) is 0 Å². The van der Waals surface area contributed by atoms with Crippen molar-refractivity contribution < 1.29 is 18.3 Å². The fraction of sp³-hybridized carbons (Fsp3) is 0.176. The van der Waals surface area contributed by atoms with Crippen LogP contribution in [0.25, 0.3) is 21.3 Å². The Morgan fingerprint density at radius 3 is 2.63 bits per heavy atom. The highest BCUT2D eigenvalue weighted by Gasteiger charge is 2.18. The van der Waals surface area contributed by atoms with E-state index in [1.165, 1.54) is 30.4 Å². The number of carbonyl (C=O) groups is 1. The van der Waals surface area contributed by atoms with Crippen LogP contribution in [0.4, 0.5) is 5.13 Å². The summed E-state index contributed by atoms with van der Waals surface area (Å²) in [5, 5.41) is 12.1. The average molecular weight is 426 g/mol. The Kier molecular flexibility index (Phi) is 5.78. The van der Waals surface area contributed by atoms with Crippen LogP contribution < -0.4 is 10.0 Å². The van der Waals surface area contributed by atoms with Gasteiger partial charge in [0.05, 0.1) is 21.8 Å². The molecule has 0 bridgehead atoms.